The molecule has 1 aliphatic rings. The van der Waals surface area contributed by atoms with Gasteiger partial charge in [-0.1, -0.05) is 36.4 Å². The molecular formula is C17H15NO3. The maximum atomic E-state index is 12.6. The van der Waals surface area contributed by atoms with Crippen molar-refractivity contribution in [3.05, 3.63) is 60.2 Å². The van der Waals surface area contributed by atoms with E-state index in [0.717, 1.165) is 5.56 Å². The van der Waals surface area contributed by atoms with E-state index in [1.807, 2.05) is 30.3 Å². The lowest BCUT2D eigenvalue weighted by Crippen LogP contribution is -2.29. The zero-order valence-electron chi connectivity index (χ0n) is 11.7. The average molecular weight is 281 g/mol. The summed E-state index contributed by atoms with van der Waals surface area (Å²) in [6.07, 6.45) is 0.208. The van der Waals surface area contributed by atoms with E-state index >= 15 is 0 Å². The molecule has 0 bridgehead atoms. The zero-order chi connectivity index (χ0) is 14.8. The van der Waals surface area contributed by atoms with E-state index in [-0.39, 0.29) is 18.2 Å². The first-order chi connectivity index (χ1) is 10.2. The van der Waals surface area contributed by atoms with Crippen molar-refractivity contribution >= 4 is 17.5 Å². The highest BCUT2D eigenvalue weighted by Crippen LogP contribution is 2.34. The Kier molecular flexibility index (Phi) is 3.44. The molecule has 1 saturated heterocycles. The molecule has 4 heteroatoms. The smallest absolute Gasteiger partial charge is 0.241 e. The van der Waals surface area contributed by atoms with Crippen LogP contribution in [0.5, 0.6) is 5.75 Å². The number of rotatable bonds is 3. The van der Waals surface area contributed by atoms with Gasteiger partial charge in [-0.3, -0.25) is 9.59 Å². The van der Waals surface area contributed by atoms with Crippen LogP contribution in [0, 0.1) is 0 Å². The number of carbonyl (C=O) groups is 2. The quantitative estimate of drug-likeness (QED) is 0.813. The second-order valence-corrected chi connectivity index (χ2v) is 4.94. The summed E-state index contributed by atoms with van der Waals surface area (Å²) in [4.78, 5) is 26.1. The van der Waals surface area contributed by atoms with Gasteiger partial charge in [0.05, 0.1) is 18.7 Å². The summed E-state index contributed by atoms with van der Waals surface area (Å²) in [5, 5.41) is 0. The molecule has 2 aromatic carbocycles. The largest absolute Gasteiger partial charge is 0.497 e. The standard InChI is InChI=1S/C17H15NO3/c1-21-14-9-5-8-13(10-14)18-16(19)11-15(17(18)20)12-6-3-2-4-7-12/h2-10,15H,11H2,1H3/t15-/m0/s1. The van der Waals surface area contributed by atoms with Gasteiger partial charge >= 0.3 is 0 Å². The Labute approximate surface area is 123 Å². The molecule has 21 heavy (non-hydrogen) atoms. The molecule has 106 valence electrons. The van der Waals surface area contributed by atoms with Gasteiger partial charge in [-0.15, -0.1) is 0 Å². The van der Waals surface area contributed by atoms with E-state index in [1.165, 1.54) is 4.90 Å². The van der Waals surface area contributed by atoms with E-state index in [2.05, 4.69) is 0 Å². The van der Waals surface area contributed by atoms with Gasteiger partial charge < -0.3 is 4.74 Å². The Hall–Kier alpha value is -2.62. The summed E-state index contributed by atoms with van der Waals surface area (Å²) in [6.45, 7) is 0. The van der Waals surface area contributed by atoms with Crippen molar-refractivity contribution in [1.29, 1.82) is 0 Å². The monoisotopic (exact) mass is 281 g/mol. The maximum Gasteiger partial charge on any atom is 0.241 e. The van der Waals surface area contributed by atoms with Crippen molar-refractivity contribution in [2.75, 3.05) is 12.0 Å². The van der Waals surface area contributed by atoms with Gasteiger partial charge in [-0.2, -0.15) is 0 Å². The number of methoxy groups -OCH3 is 1. The van der Waals surface area contributed by atoms with Crippen LogP contribution in [0.3, 0.4) is 0 Å². The molecule has 1 heterocycles. The maximum absolute atomic E-state index is 12.6. The van der Waals surface area contributed by atoms with Crippen molar-refractivity contribution in [3.8, 4) is 5.75 Å². The molecule has 3 rings (SSSR count). The van der Waals surface area contributed by atoms with E-state index < -0.39 is 5.92 Å². The van der Waals surface area contributed by atoms with Crippen molar-refractivity contribution in [1.82, 2.24) is 0 Å². The van der Waals surface area contributed by atoms with Crippen LogP contribution in [0.2, 0.25) is 0 Å². The molecule has 0 aliphatic carbocycles. The first-order valence-corrected chi connectivity index (χ1v) is 6.76. The van der Waals surface area contributed by atoms with Gasteiger partial charge in [0.1, 0.15) is 5.75 Å². The molecule has 1 fully saturated rings. The normalized spacial score (nSPS) is 18.1. The molecule has 0 saturated carbocycles. The first kappa shape index (κ1) is 13.4. The summed E-state index contributed by atoms with van der Waals surface area (Å²) in [7, 11) is 1.56. The molecule has 0 spiro atoms. The second-order valence-electron chi connectivity index (χ2n) is 4.94. The fraction of sp³-hybridized carbons (Fsp3) is 0.176. The topological polar surface area (TPSA) is 46.6 Å². The van der Waals surface area contributed by atoms with Gasteiger partial charge in [0.25, 0.3) is 0 Å². The van der Waals surface area contributed by atoms with Crippen molar-refractivity contribution < 1.29 is 14.3 Å². The number of hydrogen-bond donors (Lipinski definition) is 0. The minimum atomic E-state index is -0.398. The summed E-state index contributed by atoms with van der Waals surface area (Å²) in [5.41, 5.74) is 1.43. The van der Waals surface area contributed by atoms with Gasteiger partial charge in [0.2, 0.25) is 11.8 Å². The lowest BCUT2D eigenvalue weighted by atomic mass is 9.98. The van der Waals surface area contributed by atoms with Crippen LogP contribution in [0.25, 0.3) is 0 Å². The number of amides is 2. The van der Waals surface area contributed by atoms with E-state index in [9.17, 15) is 9.59 Å². The van der Waals surface area contributed by atoms with Crippen LogP contribution in [-0.4, -0.2) is 18.9 Å². The van der Waals surface area contributed by atoms with Crippen LogP contribution >= 0.6 is 0 Å². The highest BCUT2D eigenvalue weighted by atomic mass is 16.5. The molecule has 2 aromatic rings. The predicted octanol–water partition coefficient (Wildman–Crippen LogP) is 2.74. The molecule has 4 nitrogen and oxygen atoms in total. The minimum absolute atomic E-state index is 0.179. The van der Waals surface area contributed by atoms with Gasteiger partial charge in [-0.05, 0) is 17.7 Å². The lowest BCUT2D eigenvalue weighted by Gasteiger charge is -2.16. The number of ether oxygens (including phenoxy) is 1. The molecule has 1 atom stereocenters. The third kappa shape index (κ3) is 2.40. The van der Waals surface area contributed by atoms with E-state index in [4.69, 9.17) is 4.74 Å². The number of hydrogen-bond acceptors (Lipinski definition) is 3. The number of carbonyl (C=O) groups excluding carboxylic acids is 2. The number of imide groups is 1. The third-order valence-electron chi connectivity index (χ3n) is 3.66. The Morgan fingerprint density at radius 3 is 2.52 bits per heavy atom. The highest BCUT2D eigenvalue weighted by Gasteiger charge is 2.40. The Morgan fingerprint density at radius 2 is 1.81 bits per heavy atom. The SMILES string of the molecule is COc1cccc(N2C(=O)C[C@@H](c3ccccc3)C2=O)c1. The molecule has 0 aromatic heterocycles. The second kappa shape index (κ2) is 5.40. The lowest BCUT2D eigenvalue weighted by molar-refractivity contribution is -0.121. The van der Waals surface area contributed by atoms with Crippen molar-refractivity contribution in [2.45, 2.75) is 12.3 Å². The van der Waals surface area contributed by atoms with Crippen LogP contribution in [-0.2, 0) is 9.59 Å². The van der Waals surface area contributed by atoms with E-state index in [1.54, 1.807) is 31.4 Å². The van der Waals surface area contributed by atoms with Gasteiger partial charge in [0, 0.05) is 12.5 Å². The average Bonchev–Trinajstić information content (AvgIpc) is 2.83. The number of nitrogens with zero attached hydrogens (tertiary/aromatic N) is 1. The van der Waals surface area contributed by atoms with Gasteiger partial charge in [-0.25, -0.2) is 4.90 Å². The van der Waals surface area contributed by atoms with Crippen LogP contribution in [0.15, 0.2) is 54.6 Å². The number of benzene rings is 2. The number of anilines is 1. The van der Waals surface area contributed by atoms with Crippen molar-refractivity contribution in [3.63, 3.8) is 0 Å². The fourth-order valence-corrected chi connectivity index (χ4v) is 2.60. The van der Waals surface area contributed by atoms with Crippen LogP contribution < -0.4 is 9.64 Å². The Balaban J connectivity index is 1.94. The fourth-order valence-electron chi connectivity index (χ4n) is 2.60. The zero-order valence-corrected chi connectivity index (χ0v) is 11.7. The van der Waals surface area contributed by atoms with E-state index in [0.29, 0.717) is 11.4 Å². The van der Waals surface area contributed by atoms with Crippen LogP contribution in [0.1, 0.15) is 17.9 Å². The summed E-state index contributed by atoms with van der Waals surface area (Å²) >= 11 is 0. The first-order valence-electron chi connectivity index (χ1n) is 6.76. The van der Waals surface area contributed by atoms with Crippen molar-refractivity contribution in [2.24, 2.45) is 0 Å². The minimum Gasteiger partial charge on any atom is -0.497 e. The molecule has 1 aliphatic heterocycles. The summed E-state index contributed by atoms with van der Waals surface area (Å²) in [6, 6.07) is 16.4. The molecule has 2 amide bonds. The highest BCUT2D eigenvalue weighted by molar-refractivity contribution is 6.22. The molecule has 0 radical (unpaired) electrons. The summed E-state index contributed by atoms with van der Waals surface area (Å²) in [5.74, 6) is -0.136. The molecule has 0 unspecified atom stereocenters. The van der Waals surface area contributed by atoms with Crippen LogP contribution in [0.4, 0.5) is 5.69 Å². The summed E-state index contributed by atoms with van der Waals surface area (Å²) < 4.78 is 5.15. The molecule has 0 N–H and O–H groups in total. The Bertz CT molecular complexity index is 681. The Morgan fingerprint density at radius 1 is 1.05 bits per heavy atom. The third-order valence-corrected chi connectivity index (χ3v) is 3.66. The van der Waals surface area contributed by atoms with Gasteiger partial charge in [0.15, 0.2) is 0 Å². The molecular weight excluding hydrogens is 266 g/mol. The predicted molar refractivity (Wildman–Crippen MR) is 79.3 cm³/mol.